The minimum Gasteiger partial charge on any atom is -0.314 e. The lowest BCUT2D eigenvalue weighted by Crippen LogP contribution is -2.05. The molecule has 0 fully saturated rings. The second kappa shape index (κ2) is 3.14. The summed E-state index contributed by atoms with van der Waals surface area (Å²) in [6.45, 7) is 0.667. The summed E-state index contributed by atoms with van der Waals surface area (Å²) < 4.78 is 12.9. The molecule has 0 spiro atoms. The summed E-state index contributed by atoms with van der Waals surface area (Å²) >= 11 is 0. The van der Waals surface area contributed by atoms with Gasteiger partial charge in [0.05, 0.1) is 11.2 Å². The third-order valence-corrected chi connectivity index (χ3v) is 1.95. The van der Waals surface area contributed by atoms with Crippen LogP contribution in [0.15, 0.2) is 18.2 Å². The molecule has 0 atom stereocenters. The van der Waals surface area contributed by atoms with Crippen molar-refractivity contribution in [3.05, 3.63) is 29.7 Å². The summed E-state index contributed by atoms with van der Waals surface area (Å²) in [6, 6.07) is 4.57. The molecule has 1 aromatic heterocycles. The second-order valence-corrected chi connectivity index (χ2v) is 2.89. The second-order valence-electron chi connectivity index (χ2n) is 2.89. The summed E-state index contributed by atoms with van der Waals surface area (Å²) in [5.41, 5.74) is 1.71. The number of H-pyrrole nitrogens is 1. The van der Waals surface area contributed by atoms with E-state index in [9.17, 15) is 4.39 Å². The van der Waals surface area contributed by atoms with Crippen LogP contribution in [0.4, 0.5) is 4.39 Å². The van der Waals surface area contributed by atoms with Crippen LogP contribution in [0.25, 0.3) is 10.9 Å². The molecule has 4 heteroatoms. The van der Waals surface area contributed by atoms with Crippen LogP contribution < -0.4 is 5.32 Å². The highest BCUT2D eigenvalue weighted by molar-refractivity contribution is 5.81. The quantitative estimate of drug-likeness (QED) is 0.732. The summed E-state index contributed by atoms with van der Waals surface area (Å²) in [6.07, 6.45) is 0. The van der Waals surface area contributed by atoms with Crippen molar-refractivity contribution >= 4 is 10.9 Å². The molecule has 2 N–H and O–H groups in total. The van der Waals surface area contributed by atoms with E-state index in [0.717, 1.165) is 16.6 Å². The highest BCUT2D eigenvalue weighted by Crippen LogP contribution is 2.16. The largest absolute Gasteiger partial charge is 0.314 e. The van der Waals surface area contributed by atoms with Crippen LogP contribution in [0.2, 0.25) is 0 Å². The molecule has 1 aromatic carbocycles. The normalized spacial score (nSPS) is 10.9. The Morgan fingerprint density at radius 3 is 3.15 bits per heavy atom. The van der Waals surface area contributed by atoms with Gasteiger partial charge in [-0.1, -0.05) is 0 Å². The zero-order chi connectivity index (χ0) is 9.26. The van der Waals surface area contributed by atoms with Crippen LogP contribution >= 0.6 is 0 Å². The highest BCUT2D eigenvalue weighted by Gasteiger charge is 2.04. The van der Waals surface area contributed by atoms with Gasteiger partial charge in [-0.05, 0) is 25.2 Å². The lowest BCUT2D eigenvalue weighted by Gasteiger charge is -1.95. The van der Waals surface area contributed by atoms with E-state index in [1.807, 2.05) is 7.05 Å². The molecular weight excluding hydrogens is 169 g/mol. The number of nitrogens with zero attached hydrogens (tertiary/aromatic N) is 1. The molecule has 0 radical (unpaired) electrons. The predicted octanol–water partition coefficient (Wildman–Crippen LogP) is 1.42. The maximum atomic E-state index is 12.9. The Hall–Kier alpha value is -1.42. The van der Waals surface area contributed by atoms with Crippen LogP contribution in [-0.4, -0.2) is 17.2 Å². The van der Waals surface area contributed by atoms with Crippen molar-refractivity contribution < 1.29 is 4.39 Å². The van der Waals surface area contributed by atoms with Gasteiger partial charge in [0.25, 0.3) is 0 Å². The van der Waals surface area contributed by atoms with Crippen molar-refractivity contribution in [3.63, 3.8) is 0 Å². The molecule has 0 saturated carbocycles. The number of rotatable bonds is 2. The maximum Gasteiger partial charge on any atom is 0.124 e. The molecular formula is C9H10FN3. The Labute approximate surface area is 75.0 Å². The van der Waals surface area contributed by atoms with E-state index < -0.39 is 0 Å². The minimum absolute atomic E-state index is 0.230. The number of nitrogens with one attached hydrogen (secondary N) is 2. The van der Waals surface area contributed by atoms with Crippen molar-refractivity contribution in [1.29, 1.82) is 0 Å². The van der Waals surface area contributed by atoms with E-state index in [1.165, 1.54) is 12.1 Å². The molecule has 13 heavy (non-hydrogen) atoms. The van der Waals surface area contributed by atoms with E-state index in [1.54, 1.807) is 6.07 Å². The van der Waals surface area contributed by atoms with Crippen molar-refractivity contribution in [2.24, 2.45) is 0 Å². The number of hydrogen-bond acceptors (Lipinski definition) is 2. The number of hydrogen-bond donors (Lipinski definition) is 2. The predicted molar refractivity (Wildman–Crippen MR) is 48.8 cm³/mol. The van der Waals surface area contributed by atoms with E-state index in [0.29, 0.717) is 6.54 Å². The summed E-state index contributed by atoms with van der Waals surface area (Å²) in [4.78, 5) is 0. The van der Waals surface area contributed by atoms with Gasteiger partial charge >= 0.3 is 0 Å². The van der Waals surface area contributed by atoms with Crippen molar-refractivity contribution in [1.82, 2.24) is 15.5 Å². The Morgan fingerprint density at radius 2 is 2.38 bits per heavy atom. The van der Waals surface area contributed by atoms with Gasteiger partial charge in [-0.3, -0.25) is 5.10 Å². The average molecular weight is 179 g/mol. The number of aromatic nitrogens is 2. The van der Waals surface area contributed by atoms with Gasteiger partial charge in [-0.25, -0.2) is 4.39 Å². The first-order chi connectivity index (χ1) is 6.31. The molecule has 0 aliphatic carbocycles. The number of benzene rings is 1. The van der Waals surface area contributed by atoms with E-state index >= 15 is 0 Å². The third-order valence-electron chi connectivity index (χ3n) is 1.95. The zero-order valence-electron chi connectivity index (χ0n) is 7.26. The lowest BCUT2D eigenvalue weighted by atomic mass is 10.2. The monoisotopic (exact) mass is 179 g/mol. The van der Waals surface area contributed by atoms with E-state index in [2.05, 4.69) is 15.5 Å². The van der Waals surface area contributed by atoms with Crippen LogP contribution in [0, 0.1) is 5.82 Å². The van der Waals surface area contributed by atoms with Crippen LogP contribution in [-0.2, 0) is 6.54 Å². The molecule has 2 rings (SSSR count). The van der Waals surface area contributed by atoms with Gasteiger partial charge < -0.3 is 5.32 Å². The molecule has 68 valence electrons. The maximum absolute atomic E-state index is 12.9. The average Bonchev–Trinajstić information content (AvgIpc) is 2.49. The third kappa shape index (κ3) is 1.40. The number of halogens is 1. The first-order valence-corrected chi connectivity index (χ1v) is 4.08. The molecule has 0 bridgehead atoms. The fraction of sp³-hybridized carbons (Fsp3) is 0.222. The molecule has 0 saturated heterocycles. The van der Waals surface area contributed by atoms with Gasteiger partial charge in [0.15, 0.2) is 0 Å². The van der Waals surface area contributed by atoms with E-state index in [-0.39, 0.29) is 5.82 Å². The Balaban J connectivity index is 2.58. The van der Waals surface area contributed by atoms with Gasteiger partial charge in [0.1, 0.15) is 5.82 Å². The summed E-state index contributed by atoms with van der Waals surface area (Å²) in [5.74, 6) is -0.230. The Bertz CT molecular complexity index is 422. The van der Waals surface area contributed by atoms with Gasteiger partial charge in [-0.2, -0.15) is 5.10 Å². The highest BCUT2D eigenvalue weighted by atomic mass is 19.1. The molecule has 2 aromatic rings. The van der Waals surface area contributed by atoms with Gasteiger partial charge in [0.2, 0.25) is 0 Å². The summed E-state index contributed by atoms with van der Waals surface area (Å²) in [7, 11) is 1.84. The first kappa shape index (κ1) is 8.19. The molecule has 0 unspecified atom stereocenters. The van der Waals surface area contributed by atoms with Gasteiger partial charge in [-0.15, -0.1) is 0 Å². The number of aromatic amines is 1. The topological polar surface area (TPSA) is 40.7 Å². The smallest absolute Gasteiger partial charge is 0.124 e. The van der Waals surface area contributed by atoms with Crippen molar-refractivity contribution in [3.8, 4) is 0 Å². The fourth-order valence-electron chi connectivity index (χ4n) is 1.35. The lowest BCUT2D eigenvalue weighted by molar-refractivity contribution is 0.629. The fourth-order valence-corrected chi connectivity index (χ4v) is 1.35. The minimum atomic E-state index is -0.230. The SMILES string of the molecule is CNCc1[nH]nc2ccc(F)cc12. The molecule has 0 aliphatic rings. The first-order valence-electron chi connectivity index (χ1n) is 4.08. The molecule has 3 nitrogen and oxygen atoms in total. The Morgan fingerprint density at radius 1 is 1.54 bits per heavy atom. The number of fused-ring (bicyclic) bond motifs is 1. The molecule has 1 heterocycles. The summed E-state index contributed by atoms with van der Waals surface area (Å²) in [5, 5.41) is 10.7. The molecule has 0 aliphatic heterocycles. The van der Waals surface area contributed by atoms with Crippen molar-refractivity contribution in [2.75, 3.05) is 7.05 Å². The Kier molecular flexibility index (Phi) is 1.98. The van der Waals surface area contributed by atoms with Crippen molar-refractivity contribution in [2.45, 2.75) is 6.54 Å². The van der Waals surface area contributed by atoms with Crippen LogP contribution in [0.1, 0.15) is 5.69 Å². The van der Waals surface area contributed by atoms with E-state index in [4.69, 9.17) is 0 Å². The zero-order valence-corrected chi connectivity index (χ0v) is 7.26. The van der Waals surface area contributed by atoms with Crippen LogP contribution in [0.5, 0.6) is 0 Å². The molecule has 0 amide bonds. The van der Waals surface area contributed by atoms with Gasteiger partial charge in [0, 0.05) is 11.9 Å². The van der Waals surface area contributed by atoms with Crippen LogP contribution in [0.3, 0.4) is 0 Å². The standard InChI is InChI=1S/C9H10FN3/c1-11-5-9-7-4-6(10)2-3-8(7)12-13-9/h2-4,11H,5H2,1H3,(H,12,13).